The highest BCUT2D eigenvalue weighted by atomic mass is 16.6. The second-order valence-corrected chi connectivity index (χ2v) is 5.00. The van der Waals surface area contributed by atoms with E-state index in [0.717, 1.165) is 5.56 Å². The van der Waals surface area contributed by atoms with E-state index in [0.29, 0.717) is 5.75 Å². The second-order valence-electron chi connectivity index (χ2n) is 5.00. The van der Waals surface area contributed by atoms with Crippen LogP contribution in [0.25, 0.3) is 0 Å². The quantitative estimate of drug-likeness (QED) is 0.762. The molecule has 0 aromatic heterocycles. The number of ether oxygens (including phenoxy) is 2. The molecular formula is C15H18N2O6. The van der Waals surface area contributed by atoms with Crippen molar-refractivity contribution in [2.24, 2.45) is 0 Å². The van der Waals surface area contributed by atoms with Crippen molar-refractivity contribution in [1.82, 2.24) is 10.2 Å². The SMILES string of the molecule is COc1ccc(CN2C(=O)OC[C@H]2C(=O)NCCC(=O)O)cc1. The lowest BCUT2D eigenvalue weighted by Gasteiger charge is -2.20. The van der Waals surface area contributed by atoms with Gasteiger partial charge in [-0.2, -0.15) is 0 Å². The first-order valence-electron chi connectivity index (χ1n) is 7.07. The average molecular weight is 322 g/mol. The molecule has 0 radical (unpaired) electrons. The molecule has 0 saturated carbocycles. The molecule has 0 bridgehead atoms. The lowest BCUT2D eigenvalue weighted by atomic mass is 10.1. The van der Waals surface area contributed by atoms with Crippen LogP contribution in [-0.4, -0.2) is 54.3 Å². The van der Waals surface area contributed by atoms with Crippen LogP contribution in [0.1, 0.15) is 12.0 Å². The fourth-order valence-corrected chi connectivity index (χ4v) is 2.18. The first-order valence-corrected chi connectivity index (χ1v) is 7.07. The van der Waals surface area contributed by atoms with Gasteiger partial charge in [0.2, 0.25) is 5.91 Å². The Balaban J connectivity index is 1.98. The number of rotatable bonds is 7. The van der Waals surface area contributed by atoms with E-state index in [1.165, 1.54) is 4.90 Å². The smallest absolute Gasteiger partial charge is 0.410 e. The van der Waals surface area contributed by atoms with Crippen molar-refractivity contribution < 1.29 is 29.0 Å². The molecule has 1 fully saturated rings. The van der Waals surface area contributed by atoms with Crippen molar-refractivity contribution in [3.63, 3.8) is 0 Å². The van der Waals surface area contributed by atoms with Gasteiger partial charge in [0.15, 0.2) is 0 Å². The highest BCUT2D eigenvalue weighted by molar-refractivity contribution is 5.88. The van der Waals surface area contributed by atoms with Gasteiger partial charge < -0.3 is 19.9 Å². The summed E-state index contributed by atoms with van der Waals surface area (Å²) >= 11 is 0. The normalized spacial score (nSPS) is 16.8. The molecular weight excluding hydrogens is 304 g/mol. The molecule has 124 valence electrons. The molecule has 8 heteroatoms. The van der Waals surface area contributed by atoms with Crippen LogP contribution in [0.15, 0.2) is 24.3 Å². The molecule has 23 heavy (non-hydrogen) atoms. The fourth-order valence-electron chi connectivity index (χ4n) is 2.18. The second kappa shape index (κ2) is 7.48. The molecule has 1 saturated heterocycles. The Kier molecular flexibility index (Phi) is 5.40. The maximum absolute atomic E-state index is 12.1. The Hall–Kier alpha value is -2.77. The molecule has 1 atom stereocenters. The van der Waals surface area contributed by atoms with Crippen molar-refractivity contribution >= 4 is 18.0 Å². The molecule has 1 aromatic rings. The number of carbonyl (C=O) groups excluding carboxylic acids is 2. The molecule has 1 aliphatic rings. The number of cyclic esters (lactones) is 1. The van der Waals surface area contributed by atoms with Gasteiger partial charge >= 0.3 is 12.1 Å². The van der Waals surface area contributed by atoms with Crippen molar-refractivity contribution in [3.05, 3.63) is 29.8 Å². The van der Waals surface area contributed by atoms with Gasteiger partial charge in [-0.05, 0) is 17.7 Å². The Labute approximate surface area is 133 Å². The van der Waals surface area contributed by atoms with E-state index < -0.39 is 24.0 Å². The largest absolute Gasteiger partial charge is 0.497 e. The molecule has 1 aromatic carbocycles. The van der Waals surface area contributed by atoms with E-state index in [2.05, 4.69) is 5.32 Å². The standard InChI is InChI=1S/C15H18N2O6/c1-22-11-4-2-10(3-5-11)8-17-12(9-23-15(17)21)14(20)16-7-6-13(18)19/h2-5,12H,6-9H2,1H3,(H,16,20)(H,18,19)/t12-/m0/s1. The highest BCUT2D eigenvalue weighted by Gasteiger charge is 2.37. The first kappa shape index (κ1) is 16.6. The minimum Gasteiger partial charge on any atom is -0.497 e. The number of carboxylic acid groups (broad SMARTS) is 1. The monoisotopic (exact) mass is 322 g/mol. The van der Waals surface area contributed by atoms with Gasteiger partial charge in [0, 0.05) is 6.54 Å². The van der Waals surface area contributed by atoms with Crippen molar-refractivity contribution in [1.29, 1.82) is 0 Å². The van der Waals surface area contributed by atoms with Crippen LogP contribution in [0, 0.1) is 0 Å². The summed E-state index contributed by atoms with van der Waals surface area (Å²) in [5.74, 6) is -0.731. The van der Waals surface area contributed by atoms with Gasteiger partial charge in [-0.3, -0.25) is 14.5 Å². The van der Waals surface area contributed by atoms with Crippen LogP contribution in [-0.2, 0) is 20.9 Å². The molecule has 0 unspecified atom stereocenters. The lowest BCUT2D eigenvalue weighted by Crippen LogP contribution is -2.45. The summed E-state index contributed by atoms with van der Waals surface area (Å²) in [7, 11) is 1.56. The fraction of sp³-hybridized carbons (Fsp3) is 0.400. The van der Waals surface area contributed by atoms with Crippen LogP contribution in [0.5, 0.6) is 5.75 Å². The number of methoxy groups -OCH3 is 1. The van der Waals surface area contributed by atoms with Crippen LogP contribution in [0.4, 0.5) is 4.79 Å². The summed E-state index contributed by atoms with van der Waals surface area (Å²) in [6.07, 6.45) is -0.745. The predicted molar refractivity (Wildman–Crippen MR) is 78.9 cm³/mol. The van der Waals surface area contributed by atoms with E-state index in [9.17, 15) is 14.4 Å². The zero-order valence-corrected chi connectivity index (χ0v) is 12.7. The summed E-state index contributed by atoms with van der Waals surface area (Å²) in [5.41, 5.74) is 0.827. The van der Waals surface area contributed by atoms with Gasteiger partial charge in [0.05, 0.1) is 20.1 Å². The van der Waals surface area contributed by atoms with Crippen molar-refractivity contribution in [2.75, 3.05) is 20.3 Å². The Morgan fingerprint density at radius 1 is 1.39 bits per heavy atom. The molecule has 0 aliphatic carbocycles. The third-order valence-corrected chi connectivity index (χ3v) is 3.43. The Bertz CT molecular complexity index is 586. The number of amides is 2. The number of nitrogens with one attached hydrogen (secondary N) is 1. The van der Waals surface area contributed by atoms with Crippen LogP contribution in [0.2, 0.25) is 0 Å². The van der Waals surface area contributed by atoms with E-state index in [1.54, 1.807) is 31.4 Å². The summed E-state index contributed by atoms with van der Waals surface area (Å²) in [4.78, 5) is 35.7. The minimum absolute atomic E-state index is 0.00916. The number of carboxylic acids is 1. The molecule has 1 aliphatic heterocycles. The van der Waals surface area contributed by atoms with E-state index >= 15 is 0 Å². The summed E-state index contributed by atoms with van der Waals surface area (Å²) in [6.45, 7) is 0.184. The number of hydrogen-bond acceptors (Lipinski definition) is 5. The molecule has 2 rings (SSSR count). The van der Waals surface area contributed by atoms with Gasteiger partial charge in [0.1, 0.15) is 18.4 Å². The van der Waals surface area contributed by atoms with Gasteiger partial charge in [-0.25, -0.2) is 4.79 Å². The summed E-state index contributed by atoms with van der Waals surface area (Å²) in [5, 5.41) is 11.1. The molecule has 2 N–H and O–H groups in total. The van der Waals surface area contributed by atoms with Crippen LogP contribution >= 0.6 is 0 Å². The van der Waals surface area contributed by atoms with Gasteiger partial charge in [-0.15, -0.1) is 0 Å². The topological polar surface area (TPSA) is 105 Å². The Morgan fingerprint density at radius 3 is 2.70 bits per heavy atom. The van der Waals surface area contributed by atoms with E-state index in [4.69, 9.17) is 14.6 Å². The molecule has 0 spiro atoms. The number of nitrogens with zero attached hydrogens (tertiary/aromatic N) is 1. The zero-order chi connectivity index (χ0) is 16.8. The average Bonchev–Trinajstić information content (AvgIpc) is 2.89. The third kappa shape index (κ3) is 4.35. The first-order chi connectivity index (χ1) is 11.0. The van der Waals surface area contributed by atoms with Crippen LogP contribution in [0.3, 0.4) is 0 Å². The Morgan fingerprint density at radius 2 is 2.09 bits per heavy atom. The van der Waals surface area contributed by atoms with Gasteiger partial charge in [0.25, 0.3) is 0 Å². The van der Waals surface area contributed by atoms with E-state index in [-0.39, 0.29) is 26.1 Å². The zero-order valence-electron chi connectivity index (χ0n) is 12.7. The van der Waals surface area contributed by atoms with E-state index in [1.807, 2.05) is 0 Å². The predicted octanol–water partition coefficient (Wildman–Crippen LogP) is 0.607. The molecule has 1 heterocycles. The number of aliphatic carboxylic acids is 1. The molecule has 2 amide bonds. The third-order valence-electron chi connectivity index (χ3n) is 3.43. The van der Waals surface area contributed by atoms with Crippen molar-refractivity contribution in [3.8, 4) is 5.75 Å². The summed E-state index contributed by atoms with van der Waals surface area (Å²) in [6, 6.07) is 6.35. The maximum Gasteiger partial charge on any atom is 0.410 e. The number of hydrogen-bond donors (Lipinski definition) is 2. The summed E-state index contributed by atoms with van der Waals surface area (Å²) < 4.78 is 9.99. The van der Waals surface area contributed by atoms with Crippen molar-refractivity contribution in [2.45, 2.75) is 19.0 Å². The number of carbonyl (C=O) groups is 3. The minimum atomic E-state index is -1.00. The number of benzene rings is 1. The maximum atomic E-state index is 12.1. The lowest BCUT2D eigenvalue weighted by molar-refractivity contribution is -0.137. The van der Waals surface area contributed by atoms with Crippen LogP contribution < -0.4 is 10.1 Å². The highest BCUT2D eigenvalue weighted by Crippen LogP contribution is 2.19. The van der Waals surface area contributed by atoms with Gasteiger partial charge in [-0.1, -0.05) is 12.1 Å². The molecule has 8 nitrogen and oxygen atoms in total.